The smallest absolute Gasteiger partial charge is 0.160 e. The van der Waals surface area contributed by atoms with Gasteiger partial charge in [0.1, 0.15) is 5.69 Å². The van der Waals surface area contributed by atoms with E-state index in [9.17, 15) is 5.11 Å². The van der Waals surface area contributed by atoms with Crippen LogP contribution in [-0.4, -0.2) is 14.9 Å². The normalized spacial score (nSPS) is 13.5. The van der Waals surface area contributed by atoms with Gasteiger partial charge in [-0.25, -0.2) is 0 Å². The zero-order chi connectivity index (χ0) is 11.6. The lowest BCUT2D eigenvalue weighted by Crippen LogP contribution is -2.09. The van der Waals surface area contributed by atoms with Gasteiger partial charge in [-0.1, -0.05) is 20.8 Å². The van der Waals surface area contributed by atoms with Crippen molar-refractivity contribution < 1.29 is 5.11 Å². The van der Waals surface area contributed by atoms with E-state index in [0.717, 1.165) is 24.2 Å². The van der Waals surface area contributed by atoms with E-state index in [4.69, 9.17) is 0 Å². The summed E-state index contributed by atoms with van der Waals surface area (Å²) in [5.74, 6) is 0.765. The monoisotopic (exact) mass is 210 g/mol. The minimum Gasteiger partial charge on any atom is -0.504 e. The molecule has 1 rings (SSSR count). The van der Waals surface area contributed by atoms with Crippen LogP contribution in [0.2, 0.25) is 0 Å². The Morgan fingerprint density at radius 2 is 1.87 bits per heavy atom. The van der Waals surface area contributed by atoms with Gasteiger partial charge >= 0.3 is 0 Å². The molecule has 0 saturated carbocycles. The highest BCUT2D eigenvalue weighted by Crippen LogP contribution is 2.33. The van der Waals surface area contributed by atoms with Gasteiger partial charge in [-0.3, -0.25) is 4.68 Å². The minimum atomic E-state index is 0.306. The summed E-state index contributed by atoms with van der Waals surface area (Å²) in [4.78, 5) is 0. The van der Waals surface area contributed by atoms with Crippen molar-refractivity contribution in [2.24, 2.45) is 0 Å². The third-order valence-corrected chi connectivity index (χ3v) is 2.89. The van der Waals surface area contributed by atoms with Gasteiger partial charge in [0.15, 0.2) is 5.75 Å². The highest BCUT2D eigenvalue weighted by molar-refractivity contribution is 5.35. The number of aryl methyl sites for hydroxylation is 1. The van der Waals surface area contributed by atoms with Crippen molar-refractivity contribution in [1.82, 2.24) is 9.78 Å². The van der Waals surface area contributed by atoms with Gasteiger partial charge in [0, 0.05) is 12.0 Å². The zero-order valence-corrected chi connectivity index (χ0v) is 10.4. The molecule has 1 heterocycles. The molecule has 0 saturated heterocycles. The summed E-state index contributed by atoms with van der Waals surface area (Å²) in [5.41, 5.74) is 1.81. The van der Waals surface area contributed by atoms with Crippen LogP contribution in [0.1, 0.15) is 64.4 Å². The van der Waals surface area contributed by atoms with Crippen molar-refractivity contribution in [3.8, 4) is 5.75 Å². The first-order valence-corrected chi connectivity index (χ1v) is 5.83. The molecule has 1 N–H and O–H groups in total. The lowest BCUT2D eigenvalue weighted by Gasteiger charge is -2.15. The Labute approximate surface area is 92.1 Å². The molecular weight excluding hydrogens is 188 g/mol. The van der Waals surface area contributed by atoms with Crippen LogP contribution < -0.4 is 0 Å². The van der Waals surface area contributed by atoms with Crippen LogP contribution in [-0.2, 0) is 6.42 Å². The predicted molar refractivity (Wildman–Crippen MR) is 62.4 cm³/mol. The van der Waals surface area contributed by atoms with Crippen molar-refractivity contribution in [2.75, 3.05) is 0 Å². The first-order valence-electron chi connectivity index (χ1n) is 5.83. The van der Waals surface area contributed by atoms with Crippen LogP contribution in [0.3, 0.4) is 0 Å². The van der Waals surface area contributed by atoms with E-state index in [1.165, 1.54) is 0 Å². The summed E-state index contributed by atoms with van der Waals surface area (Å²) >= 11 is 0. The standard InChI is InChI=1S/C12H22N2O/c1-6-9(5)11-12(15)10(7-2)13-14(11)8(3)4/h8-9,15H,6-7H2,1-5H3. The molecule has 0 fully saturated rings. The average molecular weight is 210 g/mol. The highest BCUT2D eigenvalue weighted by Gasteiger charge is 2.21. The quantitative estimate of drug-likeness (QED) is 0.828. The van der Waals surface area contributed by atoms with Gasteiger partial charge in [-0.05, 0) is 26.7 Å². The van der Waals surface area contributed by atoms with Crippen LogP contribution in [0.5, 0.6) is 5.75 Å². The number of hydrogen-bond donors (Lipinski definition) is 1. The van der Waals surface area contributed by atoms with Crippen molar-refractivity contribution in [1.29, 1.82) is 0 Å². The molecule has 3 nitrogen and oxygen atoms in total. The van der Waals surface area contributed by atoms with Crippen molar-refractivity contribution in [3.63, 3.8) is 0 Å². The molecule has 1 unspecified atom stereocenters. The summed E-state index contributed by atoms with van der Waals surface area (Å²) in [6.07, 6.45) is 1.81. The van der Waals surface area contributed by atoms with E-state index in [0.29, 0.717) is 17.7 Å². The maximum absolute atomic E-state index is 10.1. The van der Waals surface area contributed by atoms with E-state index in [1.807, 2.05) is 11.6 Å². The van der Waals surface area contributed by atoms with Crippen LogP contribution >= 0.6 is 0 Å². The Bertz CT molecular complexity index is 329. The van der Waals surface area contributed by atoms with Crippen molar-refractivity contribution in [2.45, 2.75) is 59.4 Å². The molecule has 15 heavy (non-hydrogen) atoms. The summed E-state index contributed by atoms with van der Waals surface area (Å²) in [7, 11) is 0. The fraction of sp³-hybridized carbons (Fsp3) is 0.750. The highest BCUT2D eigenvalue weighted by atomic mass is 16.3. The molecule has 0 aromatic carbocycles. The van der Waals surface area contributed by atoms with E-state index >= 15 is 0 Å². The molecule has 86 valence electrons. The molecule has 0 bridgehead atoms. The van der Waals surface area contributed by atoms with Gasteiger partial charge in [0.05, 0.1) is 5.69 Å². The zero-order valence-electron chi connectivity index (χ0n) is 10.4. The van der Waals surface area contributed by atoms with Gasteiger partial charge in [-0.15, -0.1) is 0 Å². The van der Waals surface area contributed by atoms with E-state index in [2.05, 4.69) is 32.8 Å². The fourth-order valence-corrected chi connectivity index (χ4v) is 1.77. The molecular formula is C12H22N2O. The van der Waals surface area contributed by atoms with Gasteiger partial charge < -0.3 is 5.11 Å². The van der Waals surface area contributed by atoms with Crippen LogP contribution in [0.25, 0.3) is 0 Å². The second kappa shape index (κ2) is 4.69. The second-order valence-corrected chi connectivity index (χ2v) is 4.38. The number of hydrogen-bond acceptors (Lipinski definition) is 2. The largest absolute Gasteiger partial charge is 0.504 e. The van der Waals surface area contributed by atoms with Crippen molar-refractivity contribution in [3.05, 3.63) is 11.4 Å². The molecule has 1 atom stereocenters. The van der Waals surface area contributed by atoms with Crippen LogP contribution in [0, 0.1) is 0 Å². The predicted octanol–water partition coefficient (Wildman–Crippen LogP) is 3.25. The molecule has 0 aliphatic rings. The Hall–Kier alpha value is -0.990. The molecule has 0 aliphatic heterocycles. The Morgan fingerprint density at radius 1 is 1.27 bits per heavy atom. The Balaban J connectivity index is 3.25. The van der Waals surface area contributed by atoms with E-state index < -0.39 is 0 Å². The Morgan fingerprint density at radius 3 is 2.27 bits per heavy atom. The molecule has 1 aromatic heterocycles. The molecule has 3 heteroatoms. The molecule has 0 aliphatic carbocycles. The molecule has 0 amide bonds. The number of aromatic nitrogens is 2. The minimum absolute atomic E-state index is 0.306. The van der Waals surface area contributed by atoms with E-state index in [1.54, 1.807) is 0 Å². The number of rotatable bonds is 4. The van der Waals surface area contributed by atoms with Crippen molar-refractivity contribution >= 4 is 0 Å². The maximum atomic E-state index is 10.1. The lowest BCUT2D eigenvalue weighted by atomic mass is 10.0. The molecule has 0 radical (unpaired) electrons. The van der Waals surface area contributed by atoms with Crippen LogP contribution in [0.15, 0.2) is 0 Å². The summed E-state index contributed by atoms with van der Waals surface area (Å²) in [6.45, 7) is 10.5. The third kappa shape index (κ3) is 2.16. The first kappa shape index (κ1) is 12.1. The van der Waals surface area contributed by atoms with Gasteiger partial charge in [-0.2, -0.15) is 5.10 Å². The number of nitrogens with zero attached hydrogens (tertiary/aromatic N) is 2. The fourth-order valence-electron chi connectivity index (χ4n) is 1.77. The molecule has 0 spiro atoms. The molecule has 1 aromatic rings. The average Bonchev–Trinajstić information content (AvgIpc) is 2.54. The number of aromatic hydroxyl groups is 1. The summed E-state index contributed by atoms with van der Waals surface area (Å²) < 4.78 is 1.96. The second-order valence-electron chi connectivity index (χ2n) is 4.38. The van der Waals surface area contributed by atoms with E-state index in [-0.39, 0.29) is 0 Å². The SMILES string of the molecule is CCc1nn(C(C)C)c(C(C)CC)c1O. The first-order chi connectivity index (χ1) is 7.02. The summed E-state index contributed by atoms with van der Waals surface area (Å²) in [5, 5.41) is 14.5. The van der Waals surface area contributed by atoms with Gasteiger partial charge in [0.25, 0.3) is 0 Å². The summed E-state index contributed by atoms with van der Waals surface area (Å²) in [6, 6.07) is 0.306. The van der Waals surface area contributed by atoms with Gasteiger partial charge in [0.2, 0.25) is 0 Å². The maximum Gasteiger partial charge on any atom is 0.160 e. The van der Waals surface area contributed by atoms with Crippen LogP contribution in [0.4, 0.5) is 0 Å². The topological polar surface area (TPSA) is 38.0 Å². The lowest BCUT2D eigenvalue weighted by molar-refractivity contribution is 0.438. The third-order valence-electron chi connectivity index (χ3n) is 2.89. The Kier molecular flexibility index (Phi) is 3.77.